The molecule has 1 aromatic heterocycles. The van der Waals surface area contributed by atoms with Gasteiger partial charge in [-0.15, -0.1) is 0 Å². The van der Waals surface area contributed by atoms with Gasteiger partial charge in [-0.3, -0.25) is 14.4 Å². The summed E-state index contributed by atoms with van der Waals surface area (Å²) in [6.45, 7) is -0.939. The van der Waals surface area contributed by atoms with Crippen LogP contribution in [0.25, 0.3) is 0 Å². The Balaban J connectivity index is 1.66. The molecule has 26 heavy (non-hydrogen) atoms. The maximum atomic E-state index is 13.0. The molecule has 3 rings (SSSR count). The summed E-state index contributed by atoms with van der Waals surface area (Å²) in [4.78, 5) is 38.1. The Kier molecular flexibility index (Phi) is 4.68. The van der Waals surface area contributed by atoms with E-state index in [4.69, 9.17) is 9.52 Å². The van der Waals surface area contributed by atoms with Crippen molar-refractivity contribution in [3.8, 4) is 0 Å². The first-order chi connectivity index (χ1) is 12.2. The maximum absolute atomic E-state index is 13.0. The van der Waals surface area contributed by atoms with Crippen LogP contribution in [-0.4, -0.2) is 58.5 Å². The highest BCUT2D eigenvalue weighted by atomic mass is 19.4. The zero-order valence-electron chi connectivity index (χ0n) is 13.6. The Bertz CT molecular complexity index is 703. The molecular formula is C16H17F3N2O5. The molecule has 7 nitrogen and oxygen atoms in total. The highest BCUT2D eigenvalue weighted by Gasteiger charge is 2.54. The van der Waals surface area contributed by atoms with Crippen LogP contribution in [0.4, 0.5) is 13.2 Å². The average molecular weight is 374 g/mol. The summed E-state index contributed by atoms with van der Waals surface area (Å²) >= 11 is 0. The van der Waals surface area contributed by atoms with E-state index in [0.29, 0.717) is 5.76 Å². The van der Waals surface area contributed by atoms with Gasteiger partial charge < -0.3 is 19.3 Å². The van der Waals surface area contributed by atoms with E-state index in [1.807, 2.05) is 0 Å². The van der Waals surface area contributed by atoms with Gasteiger partial charge in [0.05, 0.1) is 30.6 Å². The molecular weight excluding hydrogens is 357 g/mol. The summed E-state index contributed by atoms with van der Waals surface area (Å²) in [6.07, 6.45) is -3.36. The highest BCUT2D eigenvalue weighted by molar-refractivity contribution is 5.89. The molecule has 0 aliphatic carbocycles. The van der Waals surface area contributed by atoms with Crippen LogP contribution in [0.15, 0.2) is 22.8 Å². The topological polar surface area (TPSA) is 91.1 Å². The van der Waals surface area contributed by atoms with Crippen molar-refractivity contribution in [2.45, 2.75) is 19.1 Å². The quantitative estimate of drug-likeness (QED) is 0.859. The second-order valence-corrected chi connectivity index (χ2v) is 6.59. The molecule has 0 radical (unpaired) electrons. The van der Waals surface area contributed by atoms with Crippen LogP contribution in [0.5, 0.6) is 0 Å². The molecule has 0 aromatic carbocycles. The Hall–Kier alpha value is -2.52. The number of amides is 2. The Morgan fingerprint density at radius 2 is 2.00 bits per heavy atom. The van der Waals surface area contributed by atoms with Crippen LogP contribution >= 0.6 is 0 Å². The fourth-order valence-electron chi connectivity index (χ4n) is 3.50. The number of hydrogen-bond donors (Lipinski definition) is 1. The number of furan rings is 1. The minimum absolute atomic E-state index is 0.0727. The van der Waals surface area contributed by atoms with Crippen molar-refractivity contribution in [2.24, 2.45) is 17.8 Å². The van der Waals surface area contributed by atoms with Crippen LogP contribution in [0.1, 0.15) is 12.2 Å². The molecule has 1 unspecified atom stereocenters. The average Bonchev–Trinajstić information content (AvgIpc) is 3.26. The van der Waals surface area contributed by atoms with Crippen LogP contribution in [0, 0.1) is 17.8 Å². The molecule has 0 spiro atoms. The van der Waals surface area contributed by atoms with Crippen LogP contribution in [0.3, 0.4) is 0 Å². The zero-order chi connectivity index (χ0) is 19.1. The molecule has 0 bridgehead atoms. The van der Waals surface area contributed by atoms with Crippen LogP contribution in [0.2, 0.25) is 0 Å². The third-order valence-electron chi connectivity index (χ3n) is 4.86. The fraction of sp³-hybridized carbons (Fsp3) is 0.562. The first-order valence-corrected chi connectivity index (χ1v) is 8.05. The molecule has 2 amide bonds. The van der Waals surface area contributed by atoms with Crippen molar-refractivity contribution in [3.05, 3.63) is 24.2 Å². The van der Waals surface area contributed by atoms with Crippen molar-refractivity contribution in [3.63, 3.8) is 0 Å². The van der Waals surface area contributed by atoms with E-state index in [2.05, 4.69) is 0 Å². The largest absolute Gasteiger partial charge is 0.481 e. The SMILES string of the molecule is O=C(O)[C@@H]1CN(C(=O)C2CC(=O)N(Cc3ccco3)C2)C[C@H]1C(F)(F)F. The number of carbonyl (C=O) groups is 3. The lowest BCUT2D eigenvalue weighted by Gasteiger charge is -2.21. The molecule has 2 fully saturated rings. The van der Waals surface area contributed by atoms with E-state index in [-0.39, 0.29) is 25.4 Å². The van der Waals surface area contributed by atoms with Gasteiger partial charge in [0.2, 0.25) is 11.8 Å². The highest BCUT2D eigenvalue weighted by Crippen LogP contribution is 2.38. The summed E-state index contributed by atoms with van der Waals surface area (Å²) in [6, 6.07) is 3.33. The summed E-state index contributed by atoms with van der Waals surface area (Å²) in [5.74, 6) is -6.51. The Morgan fingerprint density at radius 1 is 1.27 bits per heavy atom. The normalized spacial score (nSPS) is 26.6. The number of likely N-dealkylation sites (tertiary alicyclic amines) is 2. The van der Waals surface area contributed by atoms with Gasteiger partial charge in [0.25, 0.3) is 0 Å². The lowest BCUT2D eigenvalue weighted by Crippen LogP contribution is -2.37. The summed E-state index contributed by atoms with van der Waals surface area (Å²) in [5.41, 5.74) is 0. The molecule has 142 valence electrons. The summed E-state index contributed by atoms with van der Waals surface area (Å²) in [7, 11) is 0. The van der Waals surface area contributed by atoms with E-state index >= 15 is 0 Å². The lowest BCUT2D eigenvalue weighted by atomic mass is 9.96. The van der Waals surface area contributed by atoms with Gasteiger partial charge in [-0.2, -0.15) is 13.2 Å². The van der Waals surface area contributed by atoms with Gasteiger partial charge in [0, 0.05) is 26.1 Å². The monoisotopic (exact) mass is 374 g/mol. The predicted molar refractivity (Wildman–Crippen MR) is 79.5 cm³/mol. The minimum atomic E-state index is -4.70. The number of hydrogen-bond acceptors (Lipinski definition) is 4. The second-order valence-electron chi connectivity index (χ2n) is 6.59. The number of carboxylic acids is 1. The van der Waals surface area contributed by atoms with Gasteiger partial charge in [0.15, 0.2) is 0 Å². The summed E-state index contributed by atoms with van der Waals surface area (Å²) < 4.78 is 44.3. The third-order valence-corrected chi connectivity index (χ3v) is 4.86. The molecule has 1 N–H and O–H groups in total. The molecule has 3 atom stereocenters. The third kappa shape index (κ3) is 3.54. The Labute approximate surface area is 146 Å². The molecule has 10 heteroatoms. The summed E-state index contributed by atoms with van der Waals surface area (Å²) in [5, 5.41) is 9.03. The van der Waals surface area contributed by atoms with Crippen molar-refractivity contribution >= 4 is 17.8 Å². The van der Waals surface area contributed by atoms with Gasteiger partial charge in [-0.25, -0.2) is 0 Å². The van der Waals surface area contributed by atoms with Gasteiger partial charge >= 0.3 is 12.1 Å². The van der Waals surface area contributed by atoms with Crippen LogP contribution in [-0.2, 0) is 20.9 Å². The van der Waals surface area contributed by atoms with E-state index in [9.17, 15) is 27.6 Å². The first-order valence-electron chi connectivity index (χ1n) is 8.05. The fourth-order valence-corrected chi connectivity index (χ4v) is 3.50. The van der Waals surface area contributed by atoms with Crippen molar-refractivity contribution in [2.75, 3.05) is 19.6 Å². The molecule has 2 aliphatic rings. The number of nitrogens with zero attached hydrogens (tertiary/aromatic N) is 2. The van der Waals surface area contributed by atoms with Gasteiger partial charge in [0.1, 0.15) is 5.76 Å². The van der Waals surface area contributed by atoms with Gasteiger partial charge in [-0.1, -0.05) is 0 Å². The second kappa shape index (κ2) is 6.65. The Morgan fingerprint density at radius 3 is 2.54 bits per heavy atom. The number of alkyl halides is 3. The number of carboxylic acid groups (broad SMARTS) is 1. The van der Waals surface area contributed by atoms with E-state index < -0.39 is 48.9 Å². The predicted octanol–water partition coefficient (Wildman–Crippen LogP) is 1.35. The van der Waals surface area contributed by atoms with Gasteiger partial charge in [-0.05, 0) is 12.1 Å². The van der Waals surface area contributed by atoms with Crippen molar-refractivity contribution in [1.29, 1.82) is 0 Å². The molecule has 1 aromatic rings. The molecule has 0 saturated carbocycles. The molecule has 2 aliphatic heterocycles. The minimum Gasteiger partial charge on any atom is -0.481 e. The van der Waals surface area contributed by atoms with Crippen molar-refractivity contribution in [1.82, 2.24) is 9.80 Å². The molecule has 3 heterocycles. The van der Waals surface area contributed by atoms with Crippen LogP contribution < -0.4 is 0 Å². The van der Waals surface area contributed by atoms with Crippen molar-refractivity contribution < 1.29 is 37.1 Å². The van der Waals surface area contributed by atoms with E-state index in [1.165, 1.54) is 11.2 Å². The van der Waals surface area contributed by atoms with E-state index in [1.54, 1.807) is 12.1 Å². The molecule has 2 saturated heterocycles. The smallest absolute Gasteiger partial charge is 0.394 e. The number of rotatable bonds is 4. The number of carbonyl (C=O) groups excluding carboxylic acids is 2. The number of halogens is 3. The van der Waals surface area contributed by atoms with E-state index in [0.717, 1.165) is 4.90 Å². The zero-order valence-corrected chi connectivity index (χ0v) is 13.6. The number of aliphatic carboxylic acids is 1. The standard InChI is InChI=1S/C16H17F3N2O5/c17-16(18,19)12-8-21(7-11(12)15(24)25)14(23)9-4-13(22)20(5-9)6-10-2-1-3-26-10/h1-3,9,11-12H,4-8H2,(H,24,25)/t9?,11-,12-/m1/s1. The lowest BCUT2D eigenvalue weighted by molar-refractivity contribution is -0.188. The first kappa shape index (κ1) is 18.3. The maximum Gasteiger partial charge on any atom is 0.394 e.